The van der Waals surface area contributed by atoms with E-state index in [2.05, 4.69) is 64.1 Å². The van der Waals surface area contributed by atoms with Gasteiger partial charge in [0.2, 0.25) is 0 Å². The molecule has 32 heavy (non-hydrogen) atoms. The number of nitrogens with one attached hydrogen (secondary N) is 2. The Morgan fingerprint density at radius 3 is 2.16 bits per heavy atom. The lowest BCUT2D eigenvalue weighted by Gasteiger charge is -2.49. The van der Waals surface area contributed by atoms with Crippen LogP contribution >= 0.6 is 0 Å². The Morgan fingerprint density at radius 2 is 1.44 bits per heavy atom. The number of benzene rings is 3. The predicted octanol–water partition coefficient (Wildman–Crippen LogP) is 6.06. The molecule has 0 spiro atoms. The first-order valence-corrected chi connectivity index (χ1v) is 11.8. The fourth-order valence-electron chi connectivity index (χ4n) is 5.45. The molecule has 0 radical (unpaired) electrons. The molecule has 2 saturated heterocycles. The maximum Gasteiger partial charge on any atom is 0.319 e. The van der Waals surface area contributed by atoms with Gasteiger partial charge in [-0.25, -0.2) is 4.79 Å². The smallest absolute Gasteiger partial charge is 0.319 e. The van der Waals surface area contributed by atoms with Crippen LogP contribution in [0.3, 0.4) is 0 Å². The molecule has 0 aliphatic carbocycles. The van der Waals surface area contributed by atoms with Crippen LogP contribution in [0.2, 0.25) is 0 Å². The van der Waals surface area contributed by atoms with Crippen LogP contribution < -0.4 is 10.6 Å². The van der Waals surface area contributed by atoms with Crippen LogP contribution in [0.15, 0.2) is 84.9 Å². The predicted molar refractivity (Wildman–Crippen MR) is 130 cm³/mol. The molecule has 2 fully saturated rings. The van der Waals surface area contributed by atoms with Gasteiger partial charge in [-0.3, -0.25) is 4.90 Å². The molecule has 5 rings (SSSR count). The third-order valence-corrected chi connectivity index (χ3v) is 6.93. The second-order valence-corrected chi connectivity index (χ2v) is 9.07. The first-order valence-electron chi connectivity index (χ1n) is 11.8. The van der Waals surface area contributed by atoms with E-state index in [1.165, 1.54) is 24.8 Å². The van der Waals surface area contributed by atoms with Gasteiger partial charge in [-0.15, -0.1) is 0 Å². The van der Waals surface area contributed by atoms with Crippen LogP contribution in [0.25, 0.3) is 11.1 Å². The topological polar surface area (TPSA) is 44.4 Å². The van der Waals surface area contributed by atoms with Crippen molar-refractivity contribution in [1.29, 1.82) is 0 Å². The molecule has 1 unspecified atom stereocenters. The van der Waals surface area contributed by atoms with Gasteiger partial charge in [0.05, 0.1) is 5.69 Å². The second-order valence-electron chi connectivity index (χ2n) is 9.07. The van der Waals surface area contributed by atoms with Gasteiger partial charge in [0.15, 0.2) is 0 Å². The zero-order chi connectivity index (χ0) is 21.8. The number of piperidine rings is 2. The molecule has 4 heteroatoms. The Morgan fingerprint density at radius 1 is 0.812 bits per heavy atom. The lowest BCUT2D eigenvalue weighted by atomic mass is 9.81. The van der Waals surface area contributed by atoms with Crippen molar-refractivity contribution >= 4 is 11.7 Å². The van der Waals surface area contributed by atoms with E-state index < -0.39 is 0 Å². The summed E-state index contributed by atoms with van der Waals surface area (Å²) >= 11 is 0. The zero-order valence-electron chi connectivity index (χ0n) is 18.4. The standard InChI is InChI=1S/C28H31N3O/c32-28(30-27-17-8-7-16-26(27)22-12-5-2-6-13-22)29-23-18-24-14-9-15-25(19-23)31(24)20-21-10-3-1-4-11-21/h1-8,10-13,16-17,23-25H,9,14-15,18-20H2,(H2,29,30,32)/t23?,24-,25+. The quantitative estimate of drug-likeness (QED) is 0.522. The highest BCUT2D eigenvalue weighted by molar-refractivity contribution is 5.94. The van der Waals surface area contributed by atoms with Gasteiger partial charge in [-0.2, -0.15) is 0 Å². The average molecular weight is 426 g/mol. The number of carbonyl (C=O) groups is 1. The molecule has 4 nitrogen and oxygen atoms in total. The summed E-state index contributed by atoms with van der Waals surface area (Å²) in [5, 5.41) is 6.39. The highest BCUT2D eigenvalue weighted by Gasteiger charge is 2.38. The molecule has 0 aromatic heterocycles. The van der Waals surface area contributed by atoms with Crippen molar-refractivity contribution in [2.75, 3.05) is 5.32 Å². The van der Waals surface area contributed by atoms with Crippen LogP contribution in [-0.4, -0.2) is 29.1 Å². The number of para-hydroxylation sites is 1. The Labute approximate surface area is 190 Å². The summed E-state index contributed by atoms with van der Waals surface area (Å²) in [5.74, 6) is 0. The number of carbonyl (C=O) groups excluding carboxylic acids is 1. The van der Waals surface area contributed by atoms with Crippen LogP contribution in [0.1, 0.15) is 37.7 Å². The molecule has 0 saturated carbocycles. The molecule has 3 aromatic rings. The summed E-state index contributed by atoms with van der Waals surface area (Å²) < 4.78 is 0. The molecule has 164 valence electrons. The summed E-state index contributed by atoms with van der Waals surface area (Å²) in [7, 11) is 0. The number of hydrogen-bond donors (Lipinski definition) is 2. The number of amides is 2. The van der Waals surface area contributed by atoms with Crippen LogP contribution in [-0.2, 0) is 6.54 Å². The molecule has 3 aromatic carbocycles. The van der Waals surface area contributed by atoms with Crippen LogP contribution in [0.5, 0.6) is 0 Å². The van der Waals surface area contributed by atoms with E-state index in [1.54, 1.807) is 0 Å². The third kappa shape index (κ3) is 4.71. The van der Waals surface area contributed by atoms with Gasteiger partial charge in [0.25, 0.3) is 0 Å². The van der Waals surface area contributed by atoms with Gasteiger partial charge in [0.1, 0.15) is 0 Å². The minimum atomic E-state index is -0.104. The minimum absolute atomic E-state index is 0.104. The van der Waals surface area contributed by atoms with E-state index in [1.807, 2.05) is 36.4 Å². The number of fused-ring (bicyclic) bond motifs is 2. The van der Waals surface area contributed by atoms with Crippen molar-refractivity contribution in [3.05, 3.63) is 90.5 Å². The number of anilines is 1. The van der Waals surface area contributed by atoms with Crippen LogP contribution in [0, 0.1) is 0 Å². The normalized spacial score (nSPS) is 22.8. The average Bonchev–Trinajstić information content (AvgIpc) is 2.81. The fraction of sp³-hybridized carbons (Fsp3) is 0.321. The van der Waals surface area contributed by atoms with Crippen LogP contribution in [0.4, 0.5) is 10.5 Å². The largest absolute Gasteiger partial charge is 0.335 e. The van der Waals surface area contributed by atoms with E-state index in [0.717, 1.165) is 36.2 Å². The van der Waals surface area contributed by atoms with E-state index in [-0.39, 0.29) is 12.1 Å². The molecular formula is C28H31N3O. The van der Waals surface area contributed by atoms with Gasteiger partial charge < -0.3 is 10.6 Å². The summed E-state index contributed by atoms with van der Waals surface area (Å²) in [6, 6.07) is 30.2. The Hall–Kier alpha value is -3.11. The number of urea groups is 1. The van der Waals surface area contributed by atoms with Crippen molar-refractivity contribution < 1.29 is 4.79 Å². The van der Waals surface area contributed by atoms with Crippen molar-refractivity contribution in [1.82, 2.24) is 10.2 Å². The summed E-state index contributed by atoms with van der Waals surface area (Å²) in [4.78, 5) is 15.6. The Balaban J connectivity index is 1.23. The van der Waals surface area contributed by atoms with E-state index in [4.69, 9.17) is 0 Å². The first kappa shape index (κ1) is 20.8. The maximum atomic E-state index is 12.9. The van der Waals surface area contributed by atoms with Gasteiger partial charge in [0, 0.05) is 30.2 Å². The van der Waals surface area contributed by atoms with Crippen molar-refractivity contribution in [2.45, 2.75) is 56.8 Å². The lowest BCUT2D eigenvalue weighted by Crippen LogP contribution is -2.56. The minimum Gasteiger partial charge on any atom is -0.335 e. The first-order chi connectivity index (χ1) is 15.8. The number of rotatable bonds is 5. The molecule has 2 N–H and O–H groups in total. The monoisotopic (exact) mass is 425 g/mol. The maximum absolute atomic E-state index is 12.9. The highest BCUT2D eigenvalue weighted by atomic mass is 16.2. The lowest BCUT2D eigenvalue weighted by molar-refractivity contribution is 0.0200. The summed E-state index contributed by atoms with van der Waals surface area (Å²) in [6.45, 7) is 1.01. The van der Waals surface area contributed by atoms with Crippen molar-refractivity contribution in [3.8, 4) is 11.1 Å². The summed E-state index contributed by atoms with van der Waals surface area (Å²) in [6.07, 6.45) is 5.79. The molecule has 2 bridgehead atoms. The number of hydrogen-bond acceptors (Lipinski definition) is 2. The number of nitrogens with zero attached hydrogens (tertiary/aromatic N) is 1. The zero-order valence-corrected chi connectivity index (χ0v) is 18.4. The van der Waals surface area contributed by atoms with Gasteiger partial charge in [-0.05, 0) is 42.9 Å². The van der Waals surface area contributed by atoms with Gasteiger partial charge >= 0.3 is 6.03 Å². The molecule has 2 heterocycles. The second kappa shape index (κ2) is 9.58. The molecule has 2 aliphatic heterocycles. The van der Waals surface area contributed by atoms with E-state index >= 15 is 0 Å². The fourth-order valence-corrected chi connectivity index (χ4v) is 5.45. The van der Waals surface area contributed by atoms with E-state index in [0.29, 0.717) is 12.1 Å². The van der Waals surface area contributed by atoms with Crippen molar-refractivity contribution in [2.24, 2.45) is 0 Å². The Bertz CT molecular complexity index is 1020. The molecule has 2 amide bonds. The third-order valence-electron chi connectivity index (χ3n) is 6.93. The van der Waals surface area contributed by atoms with E-state index in [9.17, 15) is 4.79 Å². The molecule has 3 atom stereocenters. The van der Waals surface area contributed by atoms with Crippen molar-refractivity contribution in [3.63, 3.8) is 0 Å². The summed E-state index contributed by atoms with van der Waals surface area (Å²) in [5.41, 5.74) is 4.37. The molecule has 2 aliphatic rings. The SMILES string of the molecule is O=C(Nc1ccccc1-c1ccccc1)NC1C[C@H]2CCC[C@@H](C1)N2Cc1ccccc1. The highest BCUT2D eigenvalue weighted by Crippen LogP contribution is 2.35. The Kier molecular flexibility index (Phi) is 6.22. The van der Waals surface area contributed by atoms with Gasteiger partial charge in [-0.1, -0.05) is 85.3 Å². The molecular weight excluding hydrogens is 394 g/mol.